The smallest absolute Gasteiger partial charge is 0.258 e. The monoisotopic (exact) mass is 304 g/mol. The number of rotatable bonds is 6. The third kappa shape index (κ3) is 4.80. The van der Waals surface area contributed by atoms with Gasteiger partial charge in [0, 0.05) is 12.1 Å². The molecule has 1 rings (SSSR count). The second-order valence-electron chi connectivity index (χ2n) is 4.17. The van der Waals surface area contributed by atoms with Crippen molar-refractivity contribution in [3.8, 4) is 5.75 Å². The summed E-state index contributed by atoms with van der Waals surface area (Å²) in [6.07, 6.45) is 1.77. The van der Waals surface area contributed by atoms with E-state index >= 15 is 0 Å². The molecule has 0 bridgehead atoms. The molecule has 19 heavy (non-hydrogen) atoms. The van der Waals surface area contributed by atoms with E-state index in [1.165, 1.54) is 12.1 Å². The number of hydrogen-bond donors (Lipinski definition) is 2. The van der Waals surface area contributed by atoms with Crippen LogP contribution in [0, 0.1) is 0 Å². The number of nitrogens with one attached hydrogen (secondary N) is 1. The summed E-state index contributed by atoms with van der Waals surface area (Å²) in [7, 11) is 0. The Hall–Kier alpha value is -1.13. The van der Waals surface area contributed by atoms with E-state index < -0.39 is 0 Å². The summed E-state index contributed by atoms with van der Waals surface area (Å²) in [6, 6.07) is 3.17. The SMILES string of the molecule is CCC(CC)NC(=O)COc1cc(Cl)c(Cl)cc1N. The highest BCUT2D eigenvalue weighted by atomic mass is 35.5. The van der Waals surface area contributed by atoms with Crippen molar-refractivity contribution in [3.05, 3.63) is 22.2 Å². The Bertz CT molecular complexity index is 449. The van der Waals surface area contributed by atoms with E-state index in [1.54, 1.807) is 0 Å². The van der Waals surface area contributed by atoms with Crippen molar-refractivity contribution in [2.75, 3.05) is 12.3 Å². The van der Waals surface area contributed by atoms with Gasteiger partial charge in [-0.15, -0.1) is 0 Å². The molecular formula is C13H18Cl2N2O2. The zero-order chi connectivity index (χ0) is 14.4. The summed E-state index contributed by atoms with van der Waals surface area (Å²) < 4.78 is 5.34. The lowest BCUT2D eigenvalue weighted by atomic mass is 10.2. The molecule has 0 aliphatic carbocycles. The van der Waals surface area contributed by atoms with Crippen LogP contribution in [0.2, 0.25) is 10.0 Å². The average molecular weight is 305 g/mol. The minimum absolute atomic E-state index is 0.0986. The van der Waals surface area contributed by atoms with Gasteiger partial charge in [0.25, 0.3) is 5.91 Å². The zero-order valence-electron chi connectivity index (χ0n) is 11.0. The van der Waals surface area contributed by atoms with Crippen LogP contribution in [0.15, 0.2) is 12.1 Å². The molecule has 3 N–H and O–H groups in total. The molecule has 0 unspecified atom stereocenters. The van der Waals surface area contributed by atoms with E-state index in [0.717, 1.165) is 12.8 Å². The van der Waals surface area contributed by atoms with Crippen LogP contribution in [-0.4, -0.2) is 18.6 Å². The maximum Gasteiger partial charge on any atom is 0.258 e. The molecule has 1 aromatic carbocycles. The molecule has 6 heteroatoms. The summed E-state index contributed by atoms with van der Waals surface area (Å²) >= 11 is 11.7. The lowest BCUT2D eigenvalue weighted by molar-refractivity contribution is -0.123. The maximum atomic E-state index is 11.7. The van der Waals surface area contributed by atoms with Crippen LogP contribution in [-0.2, 0) is 4.79 Å². The number of nitrogen functional groups attached to an aromatic ring is 1. The Balaban J connectivity index is 2.57. The van der Waals surface area contributed by atoms with Gasteiger partial charge in [0.05, 0.1) is 15.7 Å². The van der Waals surface area contributed by atoms with Gasteiger partial charge in [-0.3, -0.25) is 4.79 Å². The van der Waals surface area contributed by atoms with Crippen molar-refractivity contribution in [2.24, 2.45) is 0 Å². The van der Waals surface area contributed by atoms with Gasteiger partial charge in [-0.1, -0.05) is 37.0 Å². The van der Waals surface area contributed by atoms with Gasteiger partial charge in [-0.05, 0) is 18.9 Å². The lowest BCUT2D eigenvalue weighted by Gasteiger charge is -2.15. The van der Waals surface area contributed by atoms with Gasteiger partial charge in [0.2, 0.25) is 0 Å². The Kier molecular flexibility index (Phi) is 6.25. The lowest BCUT2D eigenvalue weighted by Crippen LogP contribution is -2.37. The molecule has 0 saturated carbocycles. The molecule has 1 aromatic rings. The number of hydrogen-bond acceptors (Lipinski definition) is 3. The summed E-state index contributed by atoms with van der Waals surface area (Å²) in [5.74, 6) is 0.174. The number of benzene rings is 1. The molecule has 0 atom stereocenters. The van der Waals surface area contributed by atoms with Crippen LogP contribution in [0.4, 0.5) is 5.69 Å². The van der Waals surface area contributed by atoms with Gasteiger partial charge in [-0.2, -0.15) is 0 Å². The molecule has 106 valence electrons. The van der Waals surface area contributed by atoms with Crippen molar-refractivity contribution < 1.29 is 9.53 Å². The third-order valence-corrected chi connectivity index (χ3v) is 3.48. The van der Waals surface area contributed by atoms with Gasteiger partial charge >= 0.3 is 0 Å². The predicted octanol–water partition coefficient (Wildman–Crippen LogP) is 3.26. The van der Waals surface area contributed by atoms with E-state index in [1.807, 2.05) is 13.8 Å². The Morgan fingerprint density at radius 2 is 1.89 bits per heavy atom. The summed E-state index contributed by atoms with van der Waals surface area (Å²) in [5.41, 5.74) is 6.08. The first-order valence-electron chi connectivity index (χ1n) is 6.14. The molecule has 0 spiro atoms. The van der Waals surface area contributed by atoms with Crippen molar-refractivity contribution in [2.45, 2.75) is 32.7 Å². The molecule has 1 amide bonds. The fraction of sp³-hybridized carbons (Fsp3) is 0.462. The zero-order valence-corrected chi connectivity index (χ0v) is 12.5. The Labute approximate surface area is 123 Å². The fourth-order valence-electron chi connectivity index (χ4n) is 1.57. The summed E-state index contributed by atoms with van der Waals surface area (Å²) in [4.78, 5) is 11.7. The third-order valence-electron chi connectivity index (χ3n) is 2.76. The first-order chi connectivity index (χ1) is 8.97. The van der Waals surface area contributed by atoms with Crippen LogP contribution in [0.3, 0.4) is 0 Å². The van der Waals surface area contributed by atoms with Crippen LogP contribution in [0.25, 0.3) is 0 Å². The van der Waals surface area contributed by atoms with Crippen molar-refractivity contribution >= 4 is 34.8 Å². The van der Waals surface area contributed by atoms with Crippen LogP contribution in [0.1, 0.15) is 26.7 Å². The average Bonchev–Trinajstić information content (AvgIpc) is 2.38. The van der Waals surface area contributed by atoms with Gasteiger partial charge in [0.15, 0.2) is 6.61 Å². The number of halogens is 2. The molecule has 0 fully saturated rings. The fourth-order valence-corrected chi connectivity index (χ4v) is 1.90. The van der Waals surface area contributed by atoms with Crippen molar-refractivity contribution in [1.29, 1.82) is 0 Å². The predicted molar refractivity (Wildman–Crippen MR) is 78.9 cm³/mol. The van der Waals surface area contributed by atoms with Crippen molar-refractivity contribution in [3.63, 3.8) is 0 Å². The topological polar surface area (TPSA) is 64.3 Å². The molecule has 0 aliphatic rings. The summed E-state index contributed by atoms with van der Waals surface area (Å²) in [6.45, 7) is 3.94. The highest BCUT2D eigenvalue weighted by Gasteiger charge is 2.11. The molecular weight excluding hydrogens is 287 g/mol. The van der Waals surface area contributed by atoms with Gasteiger partial charge in [-0.25, -0.2) is 0 Å². The summed E-state index contributed by atoms with van der Waals surface area (Å²) in [5, 5.41) is 3.56. The standard InChI is InChI=1S/C13H18Cl2N2O2/c1-3-8(4-2)17-13(18)7-19-12-6-10(15)9(14)5-11(12)16/h5-6,8H,3-4,7,16H2,1-2H3,(H,17,18). The van der Waals surface area contributed by atoms with Gasteiger partial charge < -0.3 is 15.8 Å². The molecule has 0 heterocycles. The molecule has 0 aliphatic heterocycles. The minimum Gasteiger partial charge on any atom is -0.482 e. The second-order valence-corrected chi connectivity index (χ2v) is 4.99. The maximum absolute atomic E-state index is 11.7. The Morgan fingerprint density at radius 3 is 2.47 bits per heavy atom. The van der Waals surface area contributed by atoms with Crippen LogP contribution >= 0.6 is 23.2 Å². The number of anilines is 1. The molecule has 0 saturated heterocycles. The van der Waals surface area contributed by atoms with Crippen LogP contribution < -0.4 is 15.8 Å². The highest BCUT2D eigenvalue weighted by molar-refractivity contribution is 6.42. The first kappa shape index (κ1) is 15.9. The number of carbonyl (C=O) groups excluding carboxylic acids is 1. The quantitative estimate of drug-likeness (QED) is 0.793. The minimum atomic E-state index is -0.181. The highest BCUT2D eigenvalue weighted by Crippen LogP contribution is 2.32. The second kappa shape index (κ2) is 7.46. The van der Waals surface area contributed by atoms with E-state index in [-0.39, 0.29) is 18.6 Å². The van der Waals surface area contributed by atoms with E-state index in [9.17, 15) is 4.79 Å². The van der Waals surface area contributed by atoms with E-state index in [2.05, 4.69) is 5.32 Å². The van der Waals surface area contributed by atoms with Gasteiger partial charge in [0.1, 0.15) is 5.75 Å². The van der Waals surface area contributed by atoms with Crippen LogP contribution in [0.5, 0.6) is 5.75 Å². The number of carbonyl (C=O) groups is 1. The van der Waals surface area contributed by atoms with E-state index in [0.29, 0.717) is 21.5 Å². The van der Waals surface area contributed by atoms with Crippen molar-refractivity contribution in [1.82, 2.24) is 5.32 Å². The largest absolute Gasteiger partial charge is 0.482 e. The number of nitrogens with two attached hydrogens (primary N) is 1. The molecule has 4 nitrogen and oxygen atoms in total. The molecule has 0 radical (unpaired) electrons. The van der Waals surface area contributed by atoms with E-state index in [4.69, 9.17) is 33.7 Å². The number of amides is 1. The first-order valence-corrected chi connectivity index (χ1v) is 6.90. The normalized spacial score (nSPS) is 10.6. The molecule has 0 aromatic heterocycles. The number of ether oxygens (including phenoxy) is 1. The Morgan fingerprint density at radius 1 is 1.32 bits per heavy atom.